The number of amides is 2. The van der Waals surface area contributed by atoms with Crippen LogP contribution in [0.15, 0.2) is 45.9 Å². The van der Waals surface area contributed by atoms with Crippen LogP contribution < -0.4 is 11.5 Å². The number of carbonyl (C=O) groups excluding carboxylic acids is 2. The molecule has 1 aromatic heterocycles. The van der Waals surface area contributed by atoms with Gasteiger partial charge in [0.15, 0.2) is 5.76 Å². The van der Waals surface area contributed by atoms with Crippen molar-refractivity contribution < 1.29 is 22.4 Å². The lowest BCUT2D eigenvalue weighted by Gasteiger charge is -2.33. The molecular weight excluding hydrogens is 396 g/mol. The van der Waals surface area contributed by atoms with E-state index >= 15 is 0 Å². The molecule has 2 heterocycles. The maximum atomic E-state index is 12.6. The number of rotatable bonds is 4. The Morgan fingerprint density at radius 2 is 1.63 bits per heavy atom. The van der Waals surface area contributed by atoms with Crippen molar-refractivity contribution in [3.63, 3.8) is 0 Å². The van der Waals surface area contributed by atoms with Crippen LogP contribution in [-0.2, 0) is 10.0 Å². The van der Waals surface area contributed by atoms with E-state index in [9.17, 15) is 18.0 Å². The van der Waals surface area contributed by atoms with Crippen LogP contribution in [0.3, 0.4) is 0 Å². The minimum absolute atomic E-state index is 0. The lowest BCUT2D eigenvalue weighted by molar-refractivity contribution is 0.0697. The van der Waals surface area contributed by atoms with E-state index in [1.165, 1.54) is 16.4 Å². The number of furan rings is 1. The molecule has 0 bridgehead atoms. The fourth-order valence-corrected chi connectivity index (χ4v) is 4.05. The number of anilines is 1. The zero-order valence-electron chi connectivity index (χ0n) is 14.2. The van der Waals surface area contributed by atoms with Gasteiger partial charge in [-0.2, -0.15) is 4.31 Å². The normalized spacial score (nSPS) is 15.2. The van der Waals surface area contributed by atoms with Gasteiger partial charge in [0.05, 0.1) is 5.56 Å². The zero-order chi connectivity index (χ0) is 18.9. The van der Waals surface area contributed by atoms with Gasteiger partial charge < -0.3 is 20.8 Å². The molecule has 4 N–H and O–H groups in total. The molecule has 1 aliphatic heterocycles. The summed E-state index contributed by atoms with van der Waals surface area (Å²) >= 11 is 0. The molecule has 11 heteroatoms. The molecule has 1 fully saturated rings. The number of sulfonamides is 1. The molecule has 3 rings (SSSR count). The molecule has 2 aromatic rings. The summed E-state index contributed by atoms with van der Waals surface area (Å²) in [7, 11) is -3.90. The van der Waals surface area contributed by atoms with Crippen LogP contribution >= 0.6 is 12.4 Å². The highest BCUT2D eigenvalue weighted by molar-refractivity contribution is 7.89. The van der Waals surface area contributed by atoms with Crippen molar-refractivity contribution in [2.45, 2.75) is 5.09 Å². The van der Waals surface area contributed by atoms with Crippen LogP contribution in [-0.4, -0.2) is 55.6 Å². The third kappa shape index (κ3) is 4.07. The minimum atomic E-state index is -3.90. The average Bonchev–Trinajstić information content (AvgIpc) is 3.13. The van der Waals surface area contributed by atoms with Crippen molar-refractivity contribution in [1.82, 2.24) is 9.21 Å². The monoisotopic (exact) mass is 414 g/mol. The zero-order valence-corrected chi connectivity index (χ0v) is 15.8. The van der Waals surface area contributed by atoms with E-state index in [-0.39, 0.29) is 55.3 Å². The number of nitrogens with two attached hydrogens (primary N) is 2. The Hall–Kier alpha value is -2.56. The van der Waals surface area contributed by atoms with Gasteiger partial charge in [0.2, 0.25) is 5.09 Å². The summed E-state index contributed by atoms with van der Waals surface area (Å²) in [5.41, 5.74) is 11.7. The van der Waals surface area contributed by atoms with E-state index in [4.69, 9.17) is 15.9 Å². The van der Waals surface area contributed by atoms with Crippen molar-refractivity contribution in [3.8, 4) is 0 Å². The number of nitrogens with zero attached hydrogens (tertiary/aromatic N) is 2. The van der Waals surface area contributed by atoms with Gasteiger partial charge in [-0.25, -0.2) is 8.42 Å². The summed E-state index contributed by atoms with van der Waals surface area (Å²) in [6, 6.07) is 9.14. The molecule has 1 aromatic carbocycles. The second-order valence-corrected chi connectivity index (χ2v) is 7.64. The van der Waals surface area contributed by atoms with Gasteiger partial charge in [-0.05, 0) is 24.3 Å². The molecular formula is C16H19ClN4O5S. The van der Waals surface area contributed by atoms with Crippen LogP contribution in [0.4, 0.5) is 5.69 Å². The first kappa shape index (κ1) is 20.7. The Morgan fingerprint density at radius 3 is 2.19 bits per heavy atom. The smallest absolute Gasteiger partial charge is 0.284 e. The largest absolute Gasteiger partial charge is 0.438 e. The summed E-state index contributed by atoms with van der Waals surface area (Å²) in [6.07, 6.45) is 0. The van der Waals surface area contributed by atoms with Gasteiger partial charge in [0, 0.05) is 31.9 Å². The van der Waals surface area contributed by atoms with Crippen LogP contribution in [0.5, 0.6) is 0 Å². The predicted molar refractivity (Wildman–Crippen MR) is 100.0 cm³/mol. The molecule has 0 spiro atoms. The molecule has 1 saturated heterocycles. The van der Waals surface area contributed by atoms with Crippen molar-refractivity contribution in [2.75, 3.05) is 31.9 Å². The molecule has 27 heavy (non-hydrogen) atoms. The Morgan fingerprint density at radius 1 is 1.00 bits per heavy atom. The molecule has 2 amide bonds. The molecule has 0 aliphatic carbocycles. The topological polar surface area (TPSA) is 140 Å². The van der Waals surface area contributed by atoms with Crippen LogP contribution in [0, 0.1) is 0 Å². The van der Waals surface area contributed by atoms with Gasteiger partial charge in [-0.15, -0.1) is 12.4 Å². The van der Waals surface area contributed by atoms with Gasteiger partial charge in [-0.1, -0.05) is 12.1 Å². The summed E-state index contributed by atoms with van der Waals surface area (Å²) in [4.78, 5) is 25.1. The van der Waals surface area contributed by atoms with Gasteiger partial charge >= 0.3 is 0 Å². The molecule has 0 saturated carbocycles. The predicted octanol–water partition coefficient (Wildman–Crippen LogP) is 0.529. The number of hydrogen-bond donors (Lipinski definition) is 2. The third-order valence-electron chi connectivity index (χ3n) is 4.14. The summed E-state index contributed by atoms with van der Waals surface area (Å²) in [5.74, 6) is -1.31. The number of halogens is 1. The highest BCUT2D eigenvalue weighted by Crippen LogP contribution is 2.21. The first-order valence-electron chi connectivity index (χ1n) is 7.84. The van der Waals surface area contributed by atoms with E-state index in [2.05, 4.69) is 0 Å². The number of nitrogen functional groups attached to an aromatic ring is 1. The third-order valence-corrected chi connectivity index (χ3v) is 5.91. The average molecular weight is 415 g/mol. The molecule has 0 atom stereocenters. The Bertz CT molecular complexity index is 951. The van der Waals surface area contributed by atoms with Gasteiger partial charge in [-0.3, -0.25) is 9.59 Å². The Kier molecular flexibility index (Phi) is 6.14. The van der Waals surface area contributed by atoms with Crippen molar-refractivity contribution in [3.05, 3.63) is 47.7 Å². The first-order chi connectivity index (χ1) is 12.3. The molecule has 146 valence electrons. The number of para-hydroxylation sites is 1. The van der Waals surface area contributed by atoms with Gasteiger partial charge in [0.25, 0.3) is 21.8 Å². The number of primary amides is 1. The SMILES string of the molecule is Cl.NC(=O)c1ccc(S(=O)(=O)N2CCN(C(=O)c3ccccc3N)CC2)o1. The fourth-order valence-electron chi connectivity index (χ4n) is 2.71. The summed E-state index contributed by atoms with van der Waals surface area (Å²) in [5, 5.41) is -0.349. The van der Waals surface area contributed by atoms with Crippen molar-refractivity contribution in [2.24, 2.45) is 5.73 Å². The standard InChI is InChI=1S/C16H18N4O5S.ClH/c17-12-4-2-1-3-11(12)16(22)19-7-9-20(10-8-19)26(23,24)14-6-5-13(25-14)15(18)21;/h1-6H,7-10,17H2,(H2,18,21);1H. The maximum Gasteiger partial charge on any atom is 0.284 e. The van der Waals surface area contributed by atoms with E-state index in [0.29, 0.717) is 11.3 Å². The van der Waals surface area contributed by atoms with E-state index in [1.54, 1.807) is 29.2 Å². The summed E-state index contributed by atoms with van der Waals surface area (Å²) in [6.45, 7) is 0.645. The van der Waals surface area contributed by atoms with Crippen LogP contribution in [0.25, 0.3) is 0 Å². The quantitative estimate of drug-likeness (QED) is 0.699. The second-order valence-electron chi connectivity index (χ2n) is 5.77. The van der Waals surface area contributed by atoms with Crippen LogP contribution in [0.1, 0.15) is 20.9 Å². The van der Waals surface area contributed by atoms with Gasteiger partial charge in [0.1, 0.15) is 0 Å². The Labute approximate surface area is 162 Å². The molecule has 9 nitrogen and oxygen atoms in total. The van der Waals surface area contributed by atoms with Crippen LogP contribution in [0.2, 0.25) is 0 Å². The lowest BCUT2D eigenvalue weighted by atomic mass is 10.1. The lowest BCUT2D eigenvalue weighted by Crippen LogP contribution is -2.50. The number of carbonyl (C=O) groups is 2. The summed E-state index contributed by atoms with van der Waals surface area (Å²) < 4.78 is 31.4. The number of benzene rings is 1. The minimum Gasteiger partial charge on any atom is -0.438 e. The van der Waals surface area contributed by atoms with E-state index in [0.717, 1.165) is 0 Å². The molecule has 0 radical (unpaired) electrons. The molecule has 1 aliphatic rings. The fraction of sp³-hybridized carbons (Fsp3) is 0.250. The first-order valence-corrected chi connectivity index (χ1v) is 9.28. The molecule has 0 unspecified atom stereocenters. The van der Waals surface area contributed by atoms with E-state index in [1.807, 2.05) is 0 Å². The number of piperazine rings is 1. The number of hydrogen-bond acceptors (Lipinski definition) is 6. The highest BCUT2D eigenvalue weighted by Gasteiger charge is 2.33. The van der Waals surface area contributed by atoms with Crippen molar-refractivity contribution >= 4 is 39.9 Å². The van der Waals surface area contributed by atoms with Crippen molar-refractivity contribution in [1.29, 1.82) is 0 Å². The maximum absolute atomic E-state index is 12.6. The second kappa shape index (κ2) is 7.99. The Balaban J connectivity index is 0.00000261. The van der Waals surface area contributed by atoms with E-state index < -0.39 is 15.9 Å². The highest BCUT2D eigenvalue weighted by atomic mass is 35.5.